The lowest BCUT2D eigenvalue weighted by molar-refractivity contribution is 0.461. The maximum absolute atomic E-state index is 6.08. The Labute approximate surface area is 179 Å². The molecule has 0 bridgehead atoms. The van der Waals surface area contributed by atoms with Crippen molar-refractivity contribution in [2.45, 2.75) is 6.42 Å². The number of fused-ring (bicyclic) bond motifs is 7. The summed E-state index contributed by atoms with van der Waals surface area (Å²) in [6, 6.07) is 26.9. The third kappa shape index (κ3) is 3.09. The Hall–Kier alpha value is -4.18. The van der Waals surface area contributed by atoms with E-state index in [1.165, 1.54) is 32.7 Å². The van der Waals surface area contributed by atoms with Gasteiger partial charge in [0.25, 0.3) is 0 Å². The Morgan fingerprint density at radius 3 is 2.58 bits per heavy atom. The molecule has 6 aromatic rings. The highest BCUT2D eigenvalue weighted by Gasteiger charge is 2.19. The number of para-hydroxylation sites is 3. The van der Waals surface area contributed by atoms with Crippen LogP contribution in [0.3, 0.4) is 0 Å². The van der Waals surface area contributed by atoms with E-state index in [4.69, 9.17) is 4.74 Å². The van der Waals surface area contributed by atoms with Gasteiger partial charge in [0.05, 0.1) is 17.4 Å². The van der Waals surface area contributed by atoms with Gasteiger partial charge in [0.1, 0.15) is 11.5 Å². The third-order valence-electron chi connectivity index (χ3n) is 5.78. The van der Waals surface area contributed by atoms with Crippen molar-refractivity contribution in [2.24, 2.45) is 0 Å². The minimum Gasteiger partial charge on any atom is -0.457 e. The number of pyridine rings is 1. The van der Waals surface area contributed by atoms with Gasteiger partial charge in [-0.05, 0) is 58.1 Å². The molecule has 0 atom stereocenters. The van der Waals surface area contributed by atoms with Gasteiger partial charge in [-0.15, -0.1) is 0 Å². The minimum atomic E-state index is 0.911. The van der Waals surface area contributed by atoms with Gasteiger partial charge in [-0.2, -0.15) is 0 Å². The lowest BCUT2D eigenvalue weighted by atomic mass is 9.93. The highest BCUT2D eigenvalue weighted by atomic mass is 16.5. The Bertz CT molecular complexity index is 1520. The quantitative estimate of drug-likeness (QED) is 0.290. The molecule has 0 fully saturated rings. The monoisotopic (exact) mass is 401 g/mol. The molecule has 1 N–H and O–H groups in total. The average Bonchev–Trinajstić information content (AvgIpc) is 3.32. The van der Waals surface area contributed by atoms with Gasteiger partial charge >= 0.3 is 0 Å². The average molecular weight is 401 g/mol. The fourth-order valence-electron chi connectivity index (χ4n) is 4.23. The predicted molar refractivity (Wildman–Crippen MR) is 125 cm³/mol. The molecule has 2 aromatic heterocycles. The van der Waals surface area contributed by atoms with E-state index in [1.807, 2.05) is 48.8 Å². The summed E-state index contributed by atoms with van der Waals surface area (Å²) in [5.74, 6) is 1.94. The van der Waals surface area contributed by atoms with Crippen molar-refractivity contribution in [3.05, 3.63) is 109 Å². The molecule has 31 heavy (non-hydrogen) atoms. The maximum Gasteiger partial charge on any atom is 0.131 e. The molecule has 0 saturated carbocycles. The number of hydrogen-bond donors (Lipinski definition) is 1. The van der Waals surface area contributed by atoms with Crippen LogP contribution in [-0.2, 0) is 6.42 Å². The maximum atomic E-state index is 6.08. The van der Waals surface area contributed by atoms with E-state index >= 15 is 0 Å². The largest absolute Gasteiger partial charge is 0.457 e. The summed E-state index contributed by atoms with van der Waals surface area (Å²) in [4.78, 5) is 11.4. The molecule has 1 aliphatic rings. The summed E-state index contributed by atoms with van der Waals surface area (Å²) in [5.41, 5.74) is 4.63. The molecule has 7 rings (SSSR count). The van der Waals surface area contributed by atoms with Gasteiger partial charge < -0.3 is 9.72 Å². The second-order valence-electron chi connectivity index (χ2n) is 7.61. The Balaban J connectivity index is 0.000000172. The van der Waals surface area contributed by atoms with Crippen molar-refractivity contribution < 1.29 is 4.74 Å². The van der Waals surface area contributed by atoms with E-state index in [2.05, 4.69) is 57.4 Å². The van der Waals surface area contributed by atoms with E-state index in [9.17, 15) is 0 Å². The summed E-state index contributed by atoms with van der Waals surface area (Å²) in [6.07, 6.45) is 6.40. The Kier molecular flexibility index (Phi) is 4.13. The van der Waals surface area contributed by atoms with Crippen LogP contribution < -0.4 is 4.74 Å². The number of imidazole rings is 1. The van der Waals surface area contributed by atoms with Gasteiger partial charge in [0, 0.05) is 29.8 Å². The molecule has 3 heterocycles. The van der Waals surface area contributed by atoms with Crippen LogP contribution in [0.15, 0.2) is 97.6 Å². The number of aromatic nitrogens is 3. The van der Waals surface area contributed by atoms with E-state index in [-0.39, 0.29) is 0 Å². The zero-order valence-corrected chi connectivity index (χ0v) is 16.7. The number of nitrogens with one attached hydrogen (secondary N) is 1. The lowest BCUT2D eigenvalue weighted by Gasteiger charge is -2.22. The molecular weight excluding hydrogens is 382 g/mol. The van der Waals surface area contributed by atoms with Crippen LogP contribution in [0.2, 0.25) is 0 Å². The van der Waals surface area contributed by atoms with Gasteiger partial charge in [-0.3, -0.25) is 4.98 Å². The number of nitrogens with zero attached hydrogens (tertiary/aromatic N) is 2. The highest BCUT2D eigenvalue weighted by Crippen LogP contribution is 2.41. The predicted octanol–water partition coefficient (Wildman–Crippen LogP) is 6.65. The van der Waals surface area contributed by atoms with Crippen LogP contribution in [0.4, 0.5) is 0 Å². The molecule has 148 valence electrons. The van der Waals surface area contributed by atoms with Crippen LogP contribution in [0, 0.1) is 0 Å². The van der Waals surface area contributed by atoms with Crippen LogP contribution >= 0.6 is 0 Å². The summed E-state index contributed by atoms with van der Waals surface area (Å²) in [7, 11) is 0. The molecule has 0 saturated heterocycles. The Morgan fingerprint density at radius 2 is 1.61 bits per heavy atom. The Morgan fingerprint density at radius 1 is 0.742 bits per heavy atom. The number of ether oxygens (including phenoxy) is 1. The third-order valence-corrected chi connectivity index (χ3v) is 5.78. The molecule has 1 aliphatic heterocycles. The number of hydrogen-bond acceptors (Lipinski definition) is 3. The molecule has 0 radical (unpaired) electrons. The first-order chi connectivity index (χ1) is 15.4. The highest BCUT2D eigenvalue weighted by molar-refractivity contribution is 6.08. The molecular formula is C27H19N3O. The van der Waals surface area contributed by atoms with Crippen LogP contribution in [0.1, 0.15) is 11.1 Å². The van der Waals surface area contributed by atoms with Crippen molar-refractivity contribution >= 4 is 32.6 Å². The lowest BCUT2D eigenvalue weighted by Crippen LogP contribution is -2.03. The molecule has 0 aliphatic carbocycles. The van der Waals surface area contributed by atoms with E-state index in [1.54, 1.807) is 6.33 Å². The molecule has 0 unspecified atom stereocenters. The smallest absolute Gasteiger partial charge is 0.131 e. The zero-order chi connectivity index (χ0) is 20.6. The normalized spacial score (nSPS) is 12.0. The standard InChI is InChI=1S/C20H13NO.C7H6N2/c1-2-4-19-14(3-1)11-17-15-6-5-13-9-10-21-12-18(13)16(15)7-8-20(17)22-19;1-2-4-7-6(3-1)8-5-9-7/h1-10,12H,11H2;1-5H,(H,8,9). The van der Waals surface area contributed by atoms with Gasteiger partial charge in [0.2, 0.25) is 0 Å². The second-order valence-corrected chi connectivity index (χ2v) is 7.61. The first-order valence-corrected chi connectivity index (χ1v) is 10.3. The second kappa shape index (κ2) is 7.26. The van der Waals surface area contributed by atoms with Crippen molar-refractivity contribution in [3.8, 4) is 11.5 Å². The van der Waals surface area contributed by atoms with Crippen molar-refractivity contribution in [3.63, 3.8) is 0 Å². The molecule has 0 spiro atoms. The van der Waals surface area contributed by atoms with Crippen molar-refractivity contribution in [1.29, 1.82) is 0 Å². The first kappa shape index (κ1) is 17.7. The first-order valence-electron chi connectivity index (χ1n) is 10.3. The number of aromatic amines is 1. The SMILES string of the molecule is c1ccc2[nH]cnc2c1.c1ccc2c(c1)Cc1c(ccc3c1ccc1ccncc13)O2. The number of benzene rings is 4. The summed E-state index contributed by atoms with van der Waals surface area (Å²) >= 11 is 0. The van der Waals surface area contributed by atoms with Gasteiger partial charge in [0.15, 0.2) is 0 Å². The van der Waals surface area contributed by atoms with Crippen molar-refractivity contribution in [1.82, 2.24) is 15.0 Å². The molecule has 4 aromatic carbocycles. The van der Waals surface area contributed by atoms with Crippen molar-refractivity contribution in [2.75, 3.05) is 0 Å². The number of H-pyrrole nitrogens is 1. The summed E-state index contributed by atoms with van der Waals surface area (Å²) in [6.45, 7) is 0. The van der Waals surface area contributed by atoms with Crippen LogP contribution in [-0.4, -0.2) is 15.0 Å². The fourth-order valence-corrected chi connectivity index (χ4v) is 4.23. The van der Waals surface area contributed by atoms with Gasteiger partial charge in [-0.1, -0.05) is 42.5 Å². The molecule has 4 nitrogen and oxygen atoms in total. The topological polar surface area (TPSA) is 50.8 Å². The van der Waals surface area contributed by atoms with Crippen LogP contribution in [0.5, 0.6) is 11.5 Å². The van der Waals surface area contributed by atoms with Crippen LogP contribution in [0.25, 0.3) is 32.6 Å². The van der Waals surface area contributed by atoms with E-state index in [0.29, 0.717) is 0 Å². The fraction of sp³-hybridized carbons (Fsp3) is 0.0370. The molecule has 4 heteroatoms. The minimum absolute atomic E-state index is 0.911. The summed E-state index contributed by atoms with van der Waals surface area (Å²) in [5, 5.41) is 4.92. The van der Waals surface area contributed by atoms with E-state index < -0.39 is 0 Å². The zero-order valence-electron chi connectivity index (χ0n) is 16.7. The molecule has 0 amide bonds. The van der Waals surface area contributed by atoms with Gasteiger partial charge in [-0.25, -0.2) is 4.98 Å². The summed E-state index contributed by atoms with van der Waals surface area (Å²) < 4.78 is 6.08. The van der Waals surface area contributed by atoms with E-state index in [0.717, 1.165) is 29.0 Å². The number of rotatable bonds is 0.